The van der Waals surface area contributed by atoms with Crippen LogP contribution in [-0.4, -0.2) is 11.4 Å². The van der Waals surface area contributed by atoms with E-state index >= 15 is 0 Å². The topological polar surface area (TPSA) is 50.4 Å². The fraction of sp³-hybridized carbons (Fsp3) is 0.800. The maximum atomic E-state index is 5.40. The van der Waals surface area contributed by atoms with Crippen molar-refractivity contribution in [1.82, 2.24) is 5.43 Å². The SMILES string of the molecule is CC1(C)CC(N)=NN1.Cl.Cl. The second kappa shape index (κ2) is 3.88. The van der Waals surface area contributed by atoms with Gasteiger partial charge in [-0.1, -0.05) is 0 Å². The lowest BCUT2D eigenvalue weighted by atomic mass is 10.0. The van der Waals surface area contributed by atoms with Gasteiger partial charge in [-0.3, -0.25) is 0 Å². The van der Waals surface area contributed by atoms with Crippen LogP contribution in [0, 0.1) is 0 Å². The van der Waals surface area contributed by atoms with Crippen molar-refractivity contribution in [3.05, 3.63) is 0 Å². The van der Waals surface area contributed by atoms with Gasteiger partial charge in [0.2, 0.25) is 0 Å². The molecule has 1 aliphatic heterocycles. The molecule has 1 rings (SSSR count). The maximum absolute atomic E-state index is 5.40. The van der Waals surface area contributed by atoms with Crippen LogP contribution in [0.1, 0.15) is 20.3 Å². The van der Waals surface area contributed by atoms with Crippen LogP contribution in [0.15, 0.2) is 5.10 Å². The van der Waals surface area contributed by atoms with Crippen LogP contribution >= 0.6 is 24.8 Å². The number of nitrogens with one attached hydrogen (secondary N) is 1. The molecule has 3 N–H and O–H groups in total. The molecule has 0 amide bonds. The summed E-state index contributed by atoms with van der Waals surface area (Å²) in [6.45, 7) is 4.13. The zero-order chi connectivity index (χ0) is 6.20. The molecular formula is C5H13Cl2N3. The van der Waals surface area contributed by atoms with Crippen LogP contribution in [0.4, 0.5) is 0 Å². The fourth-order valence-electron chi connectivity index (χ4n) is 0.755. The highest BCUT2D eigenvalue weighted by Crippen LogP contribution is 2.12. The number of hydrogen-bond donors (Lipinski definition) is 2. The second-order valence-electron chi connectivity index (χ2n) is 2.78. The first-order valence-electron chi connectivity index (χ1n) is 2.69. The van der Waals surface area contributed by atoms with E-state index in [-0.39, 0.29) is 30.4 Å². The third-order valence-corrected chi connectivity index (χ3v) is 1.13. The largest absolute Gasteiger partial charge is 0.386 e. The molecule has 0 saturated carbocycles. The van der Waals surface area contributed by atoms with E-state index in [1.54, 1.807) is 0 Å². The Morgan fingerprint density at radius 2 is 2.00 bits per heavy atom. The Morgan fingerprint density at radius 1 is 1.50 bits per heavy atom. The van der Waals surface area contributed by atoms with Gasteiger partial charge in [-0.05, 0) is 13.8 Å². The monoisotopic (exact) mass is 185 g/mol. The summed E-state index contributed by atoms with van der Waals surface area (Å²) in [5, 5.41) is 3.83. The van der Waals surface area contributed by atoms with E-state index in [9.17, 15) is 0 Å². The van der Waals surface area contributed by atoms with Gasteiger partial charge in [0.25, 0.3) is 0 Å². The van der Waals surface area contributed by atoms with E-state index in [2.05, 4.69) is 24.4 Å². The summed E-state index contributed by atoms with van der Waals surface area (Å²) in [5.41, 5.74) is 8.39. The molecule has 0 fully saturated rings. The van der Waals surface area contributed by atoms with Gasteiger partial charge in [0.05, 0.1) is 5.54 Å². The summed E-state index contributed by atoms with van der Waals surface area (Å²) in [6, 6.07) is 0. The van der Waals surface area contributed by atoms with Crippen molar-refractivity contribution in [2.24, 2.45) is 10.8 Å². The van der Waals surface area contributed by atoms with Crippen LogP contribution in [0.2, 0.25) is 0 Å². The van der Waals surface area contributed by atoms with E-state index in [0.717, 1.165) is 6.42 Å². The van der Waals surface area contributed by atoms with E-state index in [0.29, 0.717) is 5.84 Å². The minimum absolute atomic E-state index is 0. The molecule has 0 aromatic rings. The Kier molecular flexibility index (Phi) is 4.86. The molecule has 0 aromatic heterocycles. The molecule has 0 unspecified atom stereocenters. The highest BCUT2D eigenvalue weighted by molar-refractivity contribution is 5.85. The average molecular weight is 186 g/mol. The Balaban J connectivity index is 0. The highest BCUT2D eigenvalue weighted by atomic mass is 35.5. The minimum Gasteiger partial charge on any atom is -0.386 e. The van der Waals surface area contributed by atoms with Crippen LogP contribution in [0.5, 0.6) is 0 Å². The molecule has 5 heteroatoms. The van der Waals surface area contributed by atoms with Gasteiger partial charge in [0.1, 0.15) is 5.84 Å². The predicted octanol–water partition coefficient (Wildman–Crippen LogP) is 0.874. The first kappa shape index (κ1) is 12.5. The van der Waals surface area contributed by atoms with Crippen molar-refractivity contribution in [1.29, 1.82) is 0 Å². The summed E-state index contributed by atoms with van der Waals surface area (Å²) in [4.78, 5) is 0. The standard InChI is InChI=1S/C5H11N3.2ClH/c1-5(2)3-4(6)7-8-5;;/h8H,3H2,1-2H3,(H2,6,7);2*1H. The molecule has 0 bridgehead atoms. The van der Waals surface area contributed by atoms with Crippen molar-refractivity contribution in [2.45, 2.75) is 25.8 Å². The molecule has 0 aromatic carbocycles. The Labute approximate surface area is 73.3 Å². The summed E-state index contributed by atoms with van der Waals surface area (Å²) in [5.74, 6) is 0.704. The number of amidine groups is 1. The molecule has 0 atom stereocenters. The molecule has 62 valence electrons. The Morgan fingerprint density at radius 3 is 2.10 bits per heavy atom. The van der Waals surface area contributed by atoms with Gasteiger partial charge in [-0.15, -0.1) is 24.8 Å². The average Bonchev–Trinajstić information content (AvgIpc) is 1.82. The Bertz CT molecular complexity index is 133. The number of nitrogens with zero attached hydrogens (tertiary/aromatic N) is 1. The van der Waals surface area contributed by atoms with E-state index < -0.39 is 0 Å². The number of hydrazone groups is 1. The first-order valence-corrected chi connectivity index (χ1v) is 2.69. The van der Waals surface area contributed by atoms with Crippen molar-refractivity contribution in [3.63, 3.8) is 0 Å². The van der Waals surface area contributed by atoms with Gasteiger partial charge in [0, 0.05) is 6.42 Å². The first-order chi connectivity index (χ1) is 3.60. The predicted molar refractivity (Wildman–Crippen MR) is 48.0 cm³/mol. The Hall–Kier alpha value is -0.150. The van der Waals surface area contributed by atoms with Gasteiger partial charge < -0.3 is 11.2 Å². The van der Waals surface area contributed by atoms with Crippen LogP contribution in [0.25, 0.3) is 0 Å². The zero-order valence-corrected chi connectivity index (χ0v) is 7.68. The van der Waals surface area contributed by atoms with E-state index in [1.807, 2.05) is 0 Å². The summed E-state index contributed by atoms with van der Waals surface area (Å²) in [6.07, 6.45) is 0.854. The molecule has 0 aliphatic carbocycles. The lowest BCUT2D eigenvalue weighted by Gasteiger charge is -2.14. The zero-order valence-electron chi connectivity index (χ0n) is 6.05. The maximum Gasteiger partial charge on any atom is 0.122 e. The van der Waals surface area contributed by atoms with Gasteiger partial charge in [0.15, 0.2) is 0 Å². The van der Waals surface area contributed by atoms with Crippen LogP contribution < -0.4 is 11.2 Å². The lowest BCUT2D eigenvalue weighted by Crippen LogP contribution is -2.31. The molecular weight excluding hydrogens is 173 g/mol. The van der Waals surface area contributed by atoms with Crippen molar-refractivity contribution < 1.29 is 0 Å². The molecule has 1 aliphatic rings. The van der Waals surface area contributed by atoms with Crippen molar-refractivity contribution in [2.75, 3.05) is 0 Å². The van der Waals surface area contributed by atoms with E-state index in [1.165, 1.54) is 0 Å². The number of rotatable bonds is 0. The summed E-state index contributed by atoms with van der Waals surface area (Å²) in [7, 11) is 0. The lowest BCUT2D eigenvalue weighted by molar-refractivity contribution is 0.446. The molecule has 3 nitrogen and oxygen atoms in total. The van der Waals surface area contributed by atoms with Crippen molar-refractivity contribution >= 4 is 30.6 Å². The number of nitrogens with two attached hydrogens (primary N) is 1. The summed E-state index contributed by atoms with van der Waals surface area (Å²) < 4.78 is 0. The quantitative estimate of drug-likeness (QED) is 0.589. The molecule has 10 heavy (non-hydrogen) atoms. The molecule has 1 heterocycles. The summed E-state index contributed by atoms with van der Waals surface area (Å²) >= 11 is 0. The van der Waals surface area contributed by atoms with Crippen LogP contribution in [-0.2, 0) is 0 Å². The van der Waals surface area contributed by atoms with E-state index in [4.69, 9.17) is 5.73 Å². The molecule has 0 saturated heterocycles. The molecule has 0 radical (unpaired) electrons. The second-order valence-corrected chi connectivity index (χ2v) is 2.78. The molecule has 0 spiro atoms. The number of hydrogen-bond acceptors (Lipinski definition) is 3. The minimum atomic E-state index is 0. The van der Waals surface area contributed by atoms with Gasteiger partial charge in [-0.25, -0.2) is 0 Å². The highest BCUT2D eigenvalue weighted by Gasteiger charge is 2.23. The number of halogens is 2. The van der Waals surface area contributed by atoms with Gasteiger partial charge >= 0.3 is 0 Å². The van der Waals surface area contributed by atoms with Gasteiger partial charge in [-0.2, -0.15) is 5.10 Å². The normalized spacial score (nSPS) is 19.6. The third-order valence-electron chi connectivity index (χ3n) is 1.13. The smallest absolute Gasteiger partial charge is 0.122 e. The third kappa shape index (κ3) is 3.13. The van der Waals surface area contributed by atoms with Crippen molar-refractivity contribution in [3.8, 4) is 0 Å². The van der Waals surface area contributed by atoms with Crippen LogP contribution in [0.3, 0.4) is 0 Å². The fourth-order valence-corrected chi connectivity index (χ4v) is 0.755.